The average Bonchev–Trinajstić information content (AvgIpc) is 2.58. The van der Waals surface area contributed by atoms with Crippen LogP contribution in [0.2, 0.25) is 0 Å². The van der Waals surface area contributed by atoms with Gasteiger partial charge in [-0.1, -0.05) is 19.3 Å². The van der Waals surface area contributed by atoms with E-state index < -0.39 is 0 Å². The van der Waals surface area contributed by atoms with Gasteiger partial charge in [0.05, 0.1) is 23.6 Å². The molecule has 1 aromatic heterocycles. The van der Waals surface area contributed by atoms with Gasteiger partial charge in [0, 0.05) is 5.92 Å². The van der Waals surface area contributed by atoms with E-state index in [0.717, 1.165) is 5.92 Å². The van der Waals surface area contributed by atoms with Gasteiger partial charge in [0.15, 0.2) is 0 Å². The largest absolute Gasteiger partial charge is 0.181 e. The first-order valence-electron chi connectivity index (χ1n) is 4.24. The zero-order chi connectivity index (χ0) is 7.52. The van der Waals surface area contributed by atoms with Crippen LogP contribution in [-0.2, 0) is 0 Å². The fourth-order valence-corrected chi connectivity index (χ4v) is 2.24. The summed E-state index contributed by atoms with van der Waals surface area (Å²) in [6, 6.07) is 0. The van der Waals surface area contributed by atoms with Crippen molar-refractivity contribution < 1.29 is 0 Å². The second-order valence-corrected chi connectivity index (χ2v) is 3.72. The first-order valence-corrected chi connectivity index (χ1v) is 4.97. The lowest BCUT2D eigenvalue weighted by molar-refractivity contribution is 0.438. The zero-order valence-corrected chi connectivity index (χ0v) is 7.31. The lowest BCUT2D eigenvalue weighted by Crippen LogP contribution is -2.04. The molecule has 2 nitrogen and oxygen atoms in total. The van der Waals surface area contributed by atoms with Crippen LogP contribution in [0.5, 0.6) is 0 Å². The minimum Gasteiger partial charge on any atom is -0.181 e. The molecule has 3 heteroatoms. The van der Waals surface area contributed by atoms with Crippen LogP contribution in [0.4, 0.5) is 0 Å². The summed E-state index contributed by atoms with van der Waals surface area (Å²) in [5, 5.41) is 0. The number of nitrogens with zero attached hydrogens (tertiary/aromatic N) is 2. The topological polar surface area (TPSA) is 25.8 Å². The Kier molecular flexibility index (Phi) is 2.17. The number of hydrogen-bond donors (Lipinski definition) is 0. The molecule has 0 saturated heterocycles. The van der Waals surface area contributed by atoms with E-state index in [0.29, 0.717) is 0 Å². The Bertz CT molecular complexity index is 202. The van der Waals surface area contributed by atoms with Crippen molar-refractivity contribution in [3.8, 4) is 0 Å². The average molecular weight is 168 g/mol. The summed E-state index contributed by atoms with van der Waals surface area (Å²) in [6.07, 6.45) is 8.75. The molecule has 0 radical (unpaired) electrons. The summed E-state index contributed by atoms with van der Waals surface area (Å²) in [5.74, 6) is 0.725. The molecule has 0 aromatic carbocycles. The molecule has 1 saturated carbocycles. The van der Waals surface area contributed by atoms with Crippen LogP contribution in [0, 0.1) is 0 Å². The number of hydrogen-bond acceptors (Lipinski definition) is 3. The predicted octanol–water partition coefficient (Wildman–Crippen LogP) is 2.59. The first kappa shape index (κ1) is 7.22. The molecule has 0 bridgehead atoms. The molecule has 11 heavy (non-hydrogen) atoms. The van der Waals surface area contributed by atoms with E-state index >= 15 is 0 Å². The molecular formula is C8H12N2S. The van der Waals surface area contributed by atoms with E-state index in [2.05, 4.69) is 8.75 Å². The summed E-state index contributed by atoms with van der Waals surface area (Å²) in [4.78, 5) is 0. The van der Waals surface area contributed by atoms with Crippen molar-refractivity contribution in [1.82, 2.24) is 8.75 Å². The summed E-state index contributed by atoms with van der Waals surface area (Å²) < 4.78 is 8.30. The quantitative estimate of drug-likeness (QED) is 0.644. The maximum absolute atomic E-state index is 4.27. The van der Waals surface area contributed by atoms with Gasteiger partial charge >= 0.3 is 0 Å². The van der Waals surface area contributed by atoms with Crippen molar-refractivity contribution in [3.05, 3.63) is 11.9 Å². The fraction of sp³-hybridized carbons (Fsp3) is 0.750. The standard InChI is InChI=1S/C8H12N2S/c1-2-4-7(5-3-1)8-6-9-11-10-8/h6-7H,1-5H2. The number of rotatable bonds is 1. The van der Waals surface area contributed by atoms with Gasteiger partial charge in [0.2, 0.25) is 0 Å². The molecule has 0 N–H and O–H groups in total. The molecular weight excluding hydrogens is 156 g/mol. The van der Waals surface area contributed by atoms with Crippen LogP contribution >= 0.6 is 11.7 Å². The summed E-state index contributed by atoms with van der Waals surface area (Å²) in [5.41, 5.74) is 1.23. The molecule has 1 aliphatic carbocycles. The van der Waals surface area contributed by atoms with Crippen LogP contribution in [0.1, 0.15) is 43.7 Å². The van der Waals surface area contributed by atoms with Gasteiger partial charge in [-0.3, -0.25) is 0 Å². The third-order valence-electron chi connectivity index (χ3n) is 2.40. The third kappa shape index (κ3) is 1.59. The highest BCUT2D eigenvalue weighted by Gasteiger charge is 2.16. The zero-order valence-electron chi connectivity index (χ0n) is 6.49. The highest BCUT2D eigenvalue weighted by molar-refractivity contribution is 6.99. The third-order valence-corrected chi connectivity index (χ3v) is 2.89. The van der Waals surface area contributed by atoms with Gasteiger partial charge in [-0.2, -0.15) is 8.75 Å². The van der Waals surface area contributed by atoms with Gasteiger partial charge in [0.1, 0.15) is 0 Å². The van der Waals surface area contributed by atoms with Crippen molar-refractivity contribution in [2.75, 3.05) is 0 Å². The Balaban J connectivity index is 2.04. The molecule has 0 aliphatic heterocycles. The molecule has 0 spiro atoms. The lowest BCUT2D eigenvalue weighted by Gasteiger charge is -2.18. The second kappa shape index (κ2) is 3.30. The molecule has 0 atom stereocenters. The molecule has 1 heterocycles. The van der Waals surface area contributed by atoms with Crippen LogP contribution in [-0.4, -0.2) is 8.75 Å². The maximum Gasteiger partial charge on any atom is 0.0773 e. The SMILES string of the molecule is c1nsnc1C1CCCCC1. The van der Waals surface area contributed by atoms with Crippen molar-refractivity contribution in [2.45, 2.75) is 38.0 Å². The first-order chi connectivity index (χ1) is 5.47. The Labute approximate surface area is 71.0 Å². The van der Waals surface area contributed by atoms with Gasteiger partial charge in [-0.05, 0) is 12.8 Å². The maximum atomic E-state index is 4.27. The van der Waals surface area contributed by atoms with Gasteiger partial charge in [-0.25, -0.2) is 0 Å². The van der Waals surface area contributed by atoms with E-state index in [-0.39, 0.29) is 0 Å². The van der Waals surface area contributed by atoms with E-state index in [1.807, 2.05) is 6.20 Å². The van der Waals surface area contributed by atoms with Crippen molar-refractivity contribution in [1.29, 1.82) is 0 Å². The van der Waals surface area contributed by atoms with Crippen LogP contribution in [0.25, 0.3) is 0 Å². The van der Waals surface area contributed by atoms with Crippen molar-refractivity contribution in [3.63, 3.8) is 0 Å². The van der Waals surface area contributed by atoms with Crippen LogP contribution in [0.15, 0.2) is 6.20 Å². The molecule has 0 unspecified atom stereocenters. The Hall–Kier alpha value is -0.440. The van der Waals surface area contributed by atoms with E-state index in [4.69, 9.17) is 0 Å². The highest BCUT2D eigenvalue weighted by Crippen LogP contribution is 2.31. The van der Waals surface area contributed by atoms with Crippen molar-refractivity contribution in [2.24, 2.45) is 0 Å². The normalized spacial score (nSPS) is 20.4. The van der Waals surface area contributed by atoms with Crippen LogP contribution < -0.4 is 0 Å². The minimum absolute atomic E-state index is 0.725. The number of aromatic nitrogens is 2. The Morgan fingerprint density at radius 2 is 2.09 bits per heavy atom. The summed E-state index contributed by atoms with van der Waals surface area (Å²) >= 11 is 1.33. The van der Waals surface area contributed by atoms with E-state index in [1.165, 1.54) is 49.5 Å². The fourth-order valence-electron chi connectivity index (χ4n) is 1.75. The smallest absolute Gasteiger partial charge is 0.0773 e. The summed E-state index contributed by atoms with van der Waals surface area (Å²) in [6.45, 7) is 0. The highest BCUT2D eigenvalue weighted by atomic mass is 32.1. The molecule has 1 aliphatic rings. The lowest BCUT2D eigenvalue weighted by atomic mass is 9.87. The minimum atomic E-state index is 0.725. The second-order valence-electron chi connectivity index (χ2n) is 3.17. The Morgan fingerprint density at radius 1 is 1.27 bits per heavy atom. The molecule has 60 valence electrons. The Morgan fingerprint density at radius 3 is 2.73 bits per heavy atom. The molecule has 0 amide bonds. The van der Waals surface area contributed by atoms with Crippen LogP contribution in [0.3, 0.4) is 0 Å². The molecule has 1 aromatic rings. The van der Waals surface area contributed by atoms with Gasteiger partial charge in [-0.15, -0.1) is 0 Å². The van der Waals surface area contributed by atoms with Crippen molar-refractivity contribution >= 4 is 11.7 Å². The van der Waals surface area contributed by atoms with Gasteiger partial charge < -0.3 is 0 Å². The van der Waals surface area contributed by atoms with E-state index in [1.54, 1.807) is 0 Å². The summed E-state index contributed by atoms with van der Waals surface area (Å²) in [7, 11) is 0. The van der Waals surface area contributed by atoms with Gasteiger partial charge in [0.25, 0.3) is 0 Å². The van der Waals surface area contributed by atoms with E-state index in [9.17, 15) is 0 Å². The molecule has 1 fully saturated rings. The molecule has 2 rings (SSSR count). The predicted molar refractivity (Wildman–Crippen MR) is 45.7 cm³/mol. The monoisotopic (exact) mass is 168 g/mol.